The largest absolute Gasteiger partial charge is 0.480 e. The fraction of sp³-hybridized carbons (Fsp3) is 0.600. The number of hydrogen-bond donors (Lipinski definition) is 2. The van der Waals surface area contributed by atoms with Gasteiger partial charge >= 0.3 is 24.0 Å². The highest BCUT2D eigenvalue weighted by Gasteiger charge is 2.36. The summed E-state index contributed by atoms with van der Waals surface area (Å²) in [5, 5.41) is 11.8. The highest BCUT2D eigenvalue weighted by atomic mass is 16.6. The zero-order chi connectivity index (χ0) is 26.5. The molecule has 0 spiro atoms. The molecule has 0 aliphatic rings. The summed E-state index contributed by atoms with van der Waals surface area (Å²) in [5.41, 5.74) is -1.47. The van der Waals surface area contributed by atoms with Crippen LogP contribution < -0.4 is 5.32 Å². The molecule has 0 aliphatic heterocycles. The molecule has 0 radical (unpaired) electrons. The van der Waals surface area contributed by atoms with Crippen LogP contribution in [0, 0.1) is 0 Å². The van der Waals surface area contributed by atoms with E-state index in [1.54, 1.807) is 86.6 Å². The number of ether oxygens (including phenoxy) is 3. The fourth-order valence-electron chi connectivity index (χ4n) is 2.82. The number of carbonyl (C=O) groups excluding carboxylic acids is 3. The summed E-state index contributed by atoms with van der Waals surface area (Å²) >= 11 is 0. The predicted octanol–water partition coefficient (Wildman–Crippen LogP) is 3.97. The van der Waals surface area contributed by atoms with Gasteiger partial charge in [-0.2, -0.15) is 0 Å². The van der Waals surface area contributed by atoms with Gasteiger partial charge in [0.05, 0.1) is 0 Å². The summed E-state index contributed by atoms with van der Waals surface area (Å²) in [6, 6.07) is 5.03. The van der Waals surface area contributed by atoms with Gasteiger partial charge in [0.15, 0.2) is 5.92 Å². The summed E-state index contributed by atoms with van der Waals surface area (Å²) in [4.78, 5) is 49.2. The molecular formula is C25H37NO8. The number of nitrogens with one attached hydrogen (secondary N) is 1. The summed E-state index contributed by atoms with van der Waals surface area (Å²) in [5.74, 6) is -4.02. The minimum atomic E-state index is -1.30. The minimum Gasteiger partial charge on any atom is -0.480 e. The summed E-state index contributed by atoms with van der Waals surface area (Å²) in [6.07, 6.45) is -0.871. The summed E-state index contributed by atoms with van der Waals surface area (Å²) in [7, 11) is 0. The molecule has 9 nitrogen and oxygen atoms in total. The second-order valence-corrected chi connectivity index (χ2v) is 11.0. The molecule has 2 N–H and O–H groups in total. The number of carboxylic acids is 1. The third-order valence-electron chi connectivity index (χ3n) is 4.03. The molecule has 1 atom stereocenters. The normalized spacial score (nSPS) is 13.1. The van der Waals surface area contributed by atoms with Crippen LogP contribution in [-0.4, -0.2) is 52.0 Å². The fourth-order valence-corrected chi connectivity index (χ4v) is 2.82. The summed E-state index contributed by atoms with van der Waals surface area (Å²) < 4.78 is 16.0. The Bertz CT molecular complexity index is 857. The molecular weight excluding hydrogens is 442 g/mol. The van der Waals surface area contributed by atoms with Gasteiger partial charge in [-0.15, -0.1) is 0 Å². The molecule has 0 aromatic heterocycles. The van der Waals surface area contributed by atoms with Crippen molar-refractivity contribution in [3.05, 3.63) is 35.4 Å². The molecule has 0 aliphatic carbocycles. The zero-order valence-electron chi connectivity index (χ0n) is 21.5. The maximum Gasteiger partial charge on any atom is 0.408 e. The van der Waals surface area contributed by atoms with Crippen LogP contribution in [0.1, 0.15) is 79.4 Å². The highest BCUT2D eigenvalue weighted by molar-refractivity contribution is 6.01. The van der Waals surface area contributed by atoms with Crippen LogP contribution in [0.3, 0.4) is 0 Å². The lowest BCUT2D eigenvalue weighted by molar-refractivity contribution is -0.169. The molecule has 0 unspecified atom stereocenters. The van der Waals surface area contributed by atoms with Gasteiger partial charge in [0, 0.05) is 6.42 Å². The molecule has 190 valence electrons. The Balaban J connectivity index is 3.12. The number of rotatable bonds is 7. The van der Waals surface area contributed by atoms with Gasteiger partial charge in [-0.25, -0.2) is 9.59 Å². The number of carboxylic acid groups (broad SMARTS) is 1. The van der Waals surface area contributed by atoms with Gasteiger partial charge in [0.25, 0.3) is 0 Å². The topological polar surface area (TPSA) is 128 Å². The molecule has 0 fully saturated rings. The van der Waals surface area contributed by atoms with Crippen molar-refractivity contribution in [2.45, 2.75) is 97.5 Å². The van der Waals surface area contributed by atoms with Crippen LogP contribution in [0.25, 0.3) is 0 Å². The lowest BCUT2D eigenvalue weighted by Gasteiger charge is -2.26. The van der Waals surface area contributed by atoms with Crippen LogP contribution in [0.5, 0.6) is 0 Å². The molecule has 0 heterocycles. The molecule has 1 rings (SSSR count). The lowest BCUT2D eigenvalue weighted by Crippen LogP contribution is -2.44. The average Bonchev–Trinajstić information content (AvgIpc) is 2.57. The smallest absolute Gasteiger partial charge is 0.408 e. The van der Waals surface area contributed by atoms with E-state index in [0.29, 0.717) is 11.1 Å². The van der Waals surface area contributed by atoms with E-state index in [4.69, 9.17) is 14.2 Å². The van der Waals surface area contributed by atoms with Crippen molar-refractivity contribution < 1.29 is 38.5 Å². The first-order chi connectivity index (χ1) is 15.3. The monoisotopic (exact) mass is 479 g/mol. The number of alkyl carbamates (subject to hydrolysis) is 1. The average molecular weight is 480 g/mol. The number of amides is 1. The molecule has 0 saturated heterocycles. The third kappa shape index (κ3) is 10.7. The van der Waals surface area contributed by atoms with Crippen molar-refractivity contribution in [1.29, 1.82) is 0 Å². The van der Waals surface area contributed by atoms with E-state index < -0.39 is 52.8 Å². The third-order valence-corrected chi connectivity index (χ3v) is 4.03. The second kappa shape index (κ2) is 10.9. The van der Waals surface area contributed by atoms with Crippen LogP contribution in [-0.2, 0) is 35.0 Å². The molecule has 1 aromatic carbocycles. The first-order valence-electron chi connectivity index (χ1n) is 11.0. The van der Waals surface area contributed by atoms with Crippen LogP contribution in [0.2, 0.25) is 0 Å². The van der Waals surface area contributed by atoms with Crippen molar-refractivity contribution in [2.24, 2.45) is 0 Å². The SMILES string of the molecule is CC(C)(C)OC(=O)N[C@@H](Cc1ccc(C(C(=O)OC(C)(C)C)C(=O)OC(C)(C)C)cc1)C(=O)O. The maximum absolute atomic E-state index is 12.8. The van der Waals surface area contributed by atoms with E-state index in [1.807, 2.05) is 0 Å². The van der Waals surface area contributed by atoms with Gasteiger partial charge in [-0.05, 0) is 73.4 Å². The van der Waals surface area contributed by atoms with E-state index in [9.17, 15) is 24.3 Å². The quantitative estimate of drug-likeness (QED) is 0.341. The van der Waals surface area contributed by atoms with Crippen LogP contribution in [0.15, 0.2) is 24.3 Å². The maximum atomic E-state index is 12.8. The van der Waals surface area contributed by atoms with Gasteiger partial charge in [-0.1, -0.05) is 24.3 Å². The Morgan fingerprint density at radius 3 is 1.53 bits per heavy atom. The van der Waals surface area contributed by atoms with E-state index >= 15 is 0 Å². The van der Waals surface area contributed by atoms with Crippen molar-refractivity contribution in [2.75, 3.05) is 0 Å². The number of benzene rings is 1. The second-order valence-electron chi connectivity index (χ2n) is 11.0. The van der Waals surface area contributed by atoms with Crippen molar-refractivity contribution >= 4 is 24.0 Å². The molecule has 1 aromatic rings. The number of aliphatic carboxylic acids is 1. The molecule has 0 saturated carbocycles. The number of carbonyl (C=O) groups is 4. The predicted molar refractivity (Wildman–Crippen MR) is 125 cm³/mol. The van der Waals surface area contributed by atoms with Gasteiger partial charge in [0.1, 0.15) is 22.8 Å². The Morgan fingerprint density at radius 2 is 1.18 bits per heavy atom. The van der Waals surface area contributed by atoms with Crippen LogP contribution in [0.4, 0.5) is 4.79 Å². The number of esters is 2. The van der Waals surface area contributed by atoms with E-state index in [0.717, 1.165) is 0 Å². The van der Waals surface area contributed by atoms with Crippen molar-refractivity contribution in [3.63, 3.8) is 0 Å². The Morgan fingerprint density at radius 1 is 0.765 bits per heavy atom. The first-order valence-corrected chi connectivity index (χ1v) is 11.0. The van der Waals surface area contributed by atoms with Gasteiger partial charge in [0.2, 0.25) is 0 Å². The molecule has 1 amide bonds. The zero-order valence-corrected chi connectivity index (χ0v) is 21.5. The Labute approximate surface area is 201 Å². The Kier molecular flexibility index (Phi) is 9.26. The summed E-state index contributed by atoms with van der Waals surface area (Å²) in [6.45, 7) is 15.2. The lowest BCUT2D eigenvalue weighted by atomic mass is 9.95. The highest BCUT2D eigenvalue weighted by Crippen LogP contribution is 2.25. The first kappa shape index (κ1) is 28.9. The standard InChI is InChI=1S/C25H37NO8/c1-23(2,3)32-20(29)18(21(30)33-24(4,5)6)16-12-10-15(11-13-16)14-17(19(27)28)26-22(31)34-25(7,8)9/h10-13,17-18H,14H2,1-9H3,(H,26,31)(H,27,28)/t17-/m0/s1. The molecule has 9 heteroatoms. The van der Waals surface area contributed by atoms with Crippen LogP contribution >= 0.6 is 0 Å². The van der Waals surface area contributed by atoms with Crippen molar-refractivity contribution in [1.82, 2.24) is 5.32 Å². The number of hydrogen-bond acceptors (Lipinski definition) is 7. The van der Waals surface area contributed by atoms with Gasteiger partial charge < -0.3 is 24.6 Å². The van der Waals surface area contributed by atoms with E-state index in [-0.39, 0.29) is 6.42 Å². The Hall–Kier alpha value is -3.10. The van der Waals surface area contributed by atoms with E-state index in [1.165, 1.54) is 0 Å². The molecule has 34 heavy (non-hydrogen) atoms. The van der Waals surface area contributed by atoms with E-state index in [2.05, 4.69) is 5.32 Å². The van der Waals surface area contributed by atoms with Gasteiger partial charge in [-0.3, -0.25) is 9.59 Å². The minimum absolute atomic E-state index is 0.0294. The van der Waals surface area contributed by atoms with Crippen molar-refractivity contribution in [3.8, 4) is 0 Å². The molecule has 0 bridgehead atoms.